The van der Waals surface area contributed by atoms with E-state index < -0.39 is 0 Å². The number of hydrogen-bond acceptors (Lipinski definition) is 5. The van der Waals surface area contributed by atoms with Crippen LogP contribution in [-0.4, -0.2) is 38.2 Å². The number of pyridine rings is 1. The van der Waals surface area contributed by atoms with Crippen molar-refractivity contribution >= 4 is 34.9 Å². The highest BCUT2D eigenvalue weighted by Gasteiger charge is 2.07. The van der Waals surface area contributed by atoms with Crippen LogP contribution in [0, 0.1) is 0 Å². The zero-order valence-corrected chi connectivity index (χ0v) is 16.2. The van der Waals surface area contributed by atoms with Crippen molar-refractivity contribution in [1.29, 1.82) is 0 Å². The maximum atomic E-state index is 12.0. The monoisotopic (exact) mass is 397 g/mol. The van der Waals surface area contributed by atoms with E-state index in [0.717, 1.165) is 5.56 Å². The molecule has 1 heterocycles. The molecule has 2 N–H and O–H groups in total. The van der Waals surface area contributed by atoms with Crippen molar-refractivity contribution in [3.63, 3.8) is 0 Å². The fourth-order valence-electron chi connectivity index (χ4n) is 2.31. The molecule has 2 rings (SSSR count). The number of amides is 1. The summed E-state index contributed by atoms with van der Waals surface area (Å²) in [6.07, 6.45) is 2.51. The number of carbonyl (C=O) groups excluding carboxylic acids is 1. The quantitative estimate of drug-likeness (QED) is 0.632. The molecule has 6 nitrogen and oxygen atoms in total. The molecular formula is C18H21Cl2N3O3. The minimum Gasteiger partial charge on any atom is -0.493 e. The van der Waals surface area contributed by atoms with Crippen LogP contribution in [0.2, 0.25) is 10.0 Å². The molecule has 1 aromatic carbocycles. The van der Waals surface area contributed by atoms with Crippen LogP contribution in [-0.2, 0) is 11.2 Å². The average molecular weight is 398 g/mol. The van der Waals surface area contributed by atoms with E-state index in [2.05, 4.69) is 15.6 Å². The zero-order valence-electron chi connectivity index (χ0n) is 14.6. The summed E-state index contributed by atoms with van der Waals surface area (Å²) in [5, 5.41) is 6.82. The molecule has 0 fully saturated rings. The third-order valence-electron chi connectivity index (χ3n) is 3.64. The fourth-order valence-corrected chi connectivity index (χ4v) is 2.76. The first-order valence-corrected chi connectivity index (χ1v) is 8.81. The van der Waals surface area contributed by atoms with Gasteiger partial charge < -0.3 is 20.1 Å². The molecule has 140 valence electrons. The molecule has 8 heteroatoms. The van der Waals surface area contributed by atoms with Gasteiger partial charge in [0.05, 0.1) is 24.3 Å². The van der Waals surface area contributed by atoms with E-state index in [4.69, 9.17) is 32.7 Å². The Kier molecular flexibility index (Phi) is 7.81. The van der Waals surface area contributed by atoms with Gasteiger partial charge in [0, 0.05) is 25.7 Å². The van der Waals surface area contributed by atoms with Crippen LogP contribution < -0.4 is 20.1 Å². The summed E-state index contributed by atoms with van der Waals surface area (Å²) < 4.78 is 10.5. The van der Waals surface area contributed by atoms with Crippen LogP contribution in [0.25, 0.3) is 0 Å². The van der Waals surface area contributed by atoms with E-state index in [-0.39, 0.29) is 5.91 Å². The Balaban J connectivity index is 1.72. The van der Waals surface area contributed by atoms with Crippen LogP contribution in [0.3, 0.4) is 0 Å². The second-order valence-corrected chi connectivity index (χ2v) is 6.29. The smallest absolute Gasteiger partial charge is 0.220 e. The summed E-state index contributed by atoms with van der Waals surface area (Å²) in [5.74, 6) is 1.83. The fraction of sp³-hybridized carbons (Fsp3) is 0.333. The number of nitrogens with zero attached hydrogens (tertiary/aromatic N) is 1. The molecule has 0 radical (unpaired) electrons. The molecule has 0 aliphatic rings. The number of nitrogens with one attached hydrogen (secondary N) is 2. The zero-order chi connectivity index (χ0) is 18.9. The summed E-state index contributed by atoms with van der Waals surface area (Å²) in [6, 6.07) is 7.24. The van der Waals surface area contributed by atoms with E-state index in [1.54, 1.807) is 20.3 Å². The highest BCUT2D eigenvalue weighted by Crippen LogP contribution is 2.28. The van der Waals surface area contributed by atoms with E-state index in [0.29, 0.717) is 53.3 Å². The molecule has 0 aliphatic carbocycles. The second kappa shape index (κ2) is 10.1. The Bertz CT molecular complexity index is 756. The third kappa shape index (κ3) is 5.97. The molecule has 0 aliphatic heterocycles. The number of methoxy groups -OCH3 is 2. The maximum Gasteiger partial charge on any atom is 0.220 e. The van der Waals surface area contributed by atoms with Crippen LogP contribution in [0.1, 0.15) is 12.0 Å². The Morgan fingerprint density at radius 2 is 1.88 bits per heavy atom. The number of carbonyl (C=O) groups is 1. The first kappa shape index (κ1) is 20.1. The number of anilines is 1. The predicted octanol–water partition coefficient (Wildman–Crippen LogP) is 3.57. The molecule has 0 atom stereocenters. The van der Waals surface area contributed by atoms with Gasteiger partial charge in [-0.2, -0.15) is 0 Å². The van der Waals surface area contributed by atoms with Crippen molar-refractivity contribution in [3.05, 3.63) is 46.1 Å². The normalized spacial score (nSPS) is 10.3. The van der Waals surface area contributed by atoms with Gasteiger partial charge in [0.1, 0.15) is 5.82 Å². The Hall–Kier alpha value is -2.18. The van der Waals surface area contributed by atoms with Gasteiger partial charge in [-0.05, 0) is 30.2 Å². The number of rotatable bonds is 9. The van der Waals surface area contributed by atoms with E-state index in [1.165, 1.54) is 6.20 Å². The topological polar surface area (TPSA) is 72.5 Å². The lowest BCUT2D eigenvalue weighted by Gasteiger charge is -2.10. The minimum absolute atomic E-state index is 0.0308. The molecule has 26 heavy (non-hydrogen) atoms. The van der Waals surface area contributed by atoms with E-state index >= 15 is 0 Å². The lowest BCUT2D eigenvalue weighted by molar-refractivity contribution is -0.120. The number of benzene rings is 1. The number of aromatic nitrogens is 1. The largest absolute Gasteiger partial charge is 0.493 e. The van der Waals surface area contributed by atoms with Crippen LogP contribution >= 0.6 is 23.2 Å². The lowest BCUT2D eigenvalue weighted by atomic mass is 10.1. The van der Waals surface area contributed by atoms with Gasteiger partial charge >= 0.3 is 0 Å². The molecule has 1 amide bonds. The van der Waals surface area contributed by atoms with Crippen molar-refractivity contribution in [2.75, 3.05) is 32.6 Å². The molecule has 0 unspecified atom stereocenters. The minimum atomic E-state index is -0.0308. The van der Waals surface area contributed by atoms with Crippen molar-refractivity contribution in [2.24, 2.45) is 0 Å². The number of aryl methyl sites for hydroxylation is 1. The highest BCUT2D eigenvalue weighted by atomic mass is 35.5. The standard InChI is InChI=1S/C18H21Cl2N3O3/c1-25-15-5-3-12(9-16(15)26-2)4-6-17(24)21-7-8-22-18-14(20)10-13(19)11-23-18/h3,5,9-11H,4,6-8H2,1-2H3,(H,21,24)(H,22,23). The summed E-state index contributed by atoms with van der Waals surface area (Å²) in [6.45, 7) is 0.974. The van der Waals surface area contributed by atoms with Crippen molar-refractivity contribution in [3.8, 4) is 11.5 Å². The number of halogens is 2. The molecule has 0 spiro atoms. The third-order valence-corrected chi connectivity index (χ3v) is 4.13. The van der Waals surface area contributed by atoms with Gasteiger partial charge in [0.25, 0.3) is 0 Å². The van der Waals surface area contributed by atoms with Crippen LogP contribution in [0.5, 0.6) is 11.5 Å². The van der Waals surface area contributed by atoms with Gasteiger partial charge in [-0.1, -0.05) is 29.3 Å². The summed E-state index contributed by atoms with van der Waals surface area (Å²) in [5.41, 5.74) is 1.01. The van der Waals surface area contributed by atoms with Gasteiger partial charge in [-0.15, -0.1) is 0 Å². The summed E-state index contributed by atoms with van der Waals surface area (Å²) in [7, 11) is 3.18. The van der Waals surface area contributed by atoms with Crippen molar-refractivity contribution < 1.29 is 14.3 Å². The van der Waals surface area contributed by atoms with E-state index in [9.17, 15) is 4.79 Å². The molecule has 1 aromatic heterocycles. The van der Waals surface area contributed by atoms with Gasteiger partial charge in [0.15, 0.2) is 11.5 Å². The summed E-state index contributed by atoms with van der Waals surface area (Å²) in [4.78, 5) is 16.1. The Morgan fingerprint density at radius 1 is 1.12 bits per heavy atom. The van der Waals surface area contributed by atoms with E-state index in [1.807, 2.05) is 18.2 Å². The first-order valence-electron chi connectivity index (χ1n) is 8.06. The molecule has 0 saturated heterocycles. The number of ether oxygens (including phenoxy) is 2. The maximum absolute atomic E-state index is 12.0. The first-order chi connectivity index (χ1) is 12.5. The van der Waals surface area contributed by atoms with Gasteiger partial charge in [0.2, 0.25) is 5.91 Å². The molecule has 0 bridgehead atoms. The average Bonchev–Trinajstić information content (AvgIpc) is 2.64. The Morgan fingerprint density at radius 3 is 2.58 bits per heavy atom. The van der Waals surface area contributed by atoms with Gasteiger partial charge in [-0.25, -0.2) is 4.98 Å². The second-order valence-electron chi connectivity index (χ2n) is 5.45. The van der Waals surface area contributed by atoms with Crippen LogP contribution in [0.4, 0.5) is 5.82 Å². The molecule has 0 saturated carbocycles. The molecular weight excluding hydrogens is 377 g/mol. The van der Waals surface area contributed by atoms with Crippen LogP contribution in [0.15, 0.2) is 30.5 Å². The molecule has 2 aromatic rings. The lowest BCUT2D eigenvalue weighted by Crippen LogP contribution is -2.29. The Labute approximate surface area is 162 Å². The van der Waals surface area contributed by atoms with Crippen molar-refractivity contribution in [1.82, 2.24) is 10.3 Å². The SMILES string of the molecule is COc1ccc(CCC(=O)NCCNc2ncc(Cl)cc2Cl)cc1OC. The number of hydrogen-bond donors (Lipinski definition) is 2. The van der Waals surface area contributed by atoms with Gasteiger partial charge in [-0.3, -0.25) is 4.79 Å². The predicted molar refractivity (Wildman–Crippen MR) is 104 cm³/mol. The van der Waals surface area contributed by atoms with Crippen molar-refractivity contribution in [2.45, 2.75) is 12.8 Å². The highest BCUT2D eigenvalue weighted by molar-refractivity contribution is 6.35. The summed E-state index contributed by atoms with van der Waals surface area (Å²) >= 11 is 11.8.